The zero-order valence-corrected chi connectivity index (χ0v) is 8.75. The molecule has 1 aromatic carbocycles. The predicted octanol–water partition coefficient (Wildman–Crippen LogP) is 2.18. The molecule has 0 fully saturated rings. The highest BCUT2D eigenvalue weighted by Gasteiger charge is 2.09. The first-order valence-electron chi connectivity index (χ1n) is 4.88. The van der Waals surface area contributed by atoms with E-state index in [2.05, 4.69) is 10.3 Å². The Kier molecular flexibility index (Phi) is 2.72. The lowest BCUT2D eigenvalue weighted by atomic mass is 10.1. The molecule has 0 radical (unpaired) electrons. The molecule has 0 saturated carbocycles. The largest absolute Gasteiger partial charge is 0.360 e. The van der Waals surface area contributed by atoms with Crippen LogP contribution in [0.4, 0.5) is 4.39 Å². The van der Waals surface area contributed by atoms with Crippen LogP contribution in [0, 0.1) is 5.82 Å². The van der Waals surface area contributed by atoms with Gasteiger partial charge in [-0.05, 0) is 18.2 Å². The molecule has 1 aromatic heterocycles. The zero-order valence-electron chi connectivity index (χ0n) is 8.75. The maximum absolute atomic E-state index is 13.4. The van der Waals surface area contributed by atoms with Gasteiger partial charge >= 0.3 is 0 Å². The van der Waals surface area contributed by atoms with Crippen LogP contribution in [-0.4, -0.2) is 17.9 Å². The van der Waals surface area contributed by atoms with Crippen molar-refractivity contribution in [2.24, 2.45) is 0 Å². The van der Waals surface area contributed by atoms with Crippen LogP contribution in [-0.2, 0) is 0 Å². The zero-order chi connectivity index (χ0) is 11.5. The molecule has 3 nitrogen and oxygen atoms in total. The number of halogens is 1. The lowest BCUT2D eigenvalue weighted by Gasteiger charge is -1.98. The summed E-state index contributed by atoms with van der Waals surface area (Å²) < 4.78 is 13.4. The number of benzene rings is 1. The number of hydrogen-bond donors (Lipinski definition) is 2. The van der Waals surface area contributed by atoms with Gasteiger partial charge in [-0.1, -0.05) is 12.1 Å². The summed E-state index contributed by atoms with van der Waals surface area (Å²) >= 11 is 0. The topological polar surface area (TPSA) is 44.9 Å². The molecule has 1 amide bonds. The van der Waals surface area contributed by atoms with Crippen LogP contribution < -0.4 is 5.32 Å². The molecule has 0 unspecified atom stereocenters. The van der Waals surface area contributed by atoms with Crippen molar-refractivity contribution in [2.75, 3.05) is 7.05 Å². The molecule has 2 aromatic rings. The first-order chi connectivity index (χ1) is 7.72. The van der Waals surface area contributed by atoms with Crippen molar-refractivity contribution in [3.05, 3.63) is 47.9 Å². The molecule has 2 N–H and O–H groups in total. The van der Waals surface area contributed by atoms with Crippen molar-refractivity contribution in [1.82, 2.24) is 10.3 Å². The average molecular weight is 218 g/mol. The highest BCUT2D eigenvalue weighted by atomic mass is 19.1. The molecule has 16 heavy (non-hydrogen) atoms. The van der Waals surface area contributed by atoms with Crippen LogP contribution in [0.2, 0.25) is 0 Å². The Hall–Kier alpha value is -2.10. The normalized spacial score (nSPS) is 10.1. The molecular formula is C12H11FN2O. The SMILES string of the molecule is CNC(=O)c1c[nH]c(-c2ccccc2F)c1. The molecular weight excluding hydrogens is 207 g/mol. The van der Waals surface area contributed by atoms with Gasteiger partial charge in [0.2, 0.25) is 0 Å². The molecule has 0 saturated heterocycles. The van der Waals surface area contributed by atoms with Crippen LogP contribution in [0.3, 0.4) is 0 Å². The quantitative estimate of drug-likeness (QED) is 0.797. The standard InChI is InChI=1S/C12H11FN2O/c1-14-12(16)8-6-11(15-7-8)9-4-2-3-5-10(9)13/h2-7,15H,1H3,(H,14,16). The lowest BCUT2D eigenvalue weighted by Crippen LogP contribution is -2.16. The number of H-pyrrole nitrogens is 1. The summed E-state index contributed by atoms with van der Waals surface area (Å²) in [5, 5.41) is 2.51. The van der Waals surface area contributed by atoms with E-state index in [9.17, 15) is 9.18 Å². The number of carbonyl (C=O) groups is 1. The van der Waals surface area contributed by atoms with Crippen LogP contribution in [0.15, 0.2) is 36.5 Å². The minimum atomic E-state index is -0.312. The first-order valence-corrected chi connectivity index (χ1v) is 4.88. The van der Waals surface area contributed by atoms with E-state index in [1.54, 1.807) is 37.5 Å². The third-order valence-corrected chi connectivity index (χ3v) is 2.34. The fourth-order valence-corrected chi connectivity index (χ4v) is 1.50. The van der Waals surface area contributed by atoms with Crippen LogP contribution in [0.25, 0.3) is 11.3 Å². The first kappa shape index (κ1) is 10.4. The Morgan fingerprint density at radius 1 is 1.38 bits per heavy atom. The Bertz CT molecular complexity index is 519. The van der Waals surface area contributed by atoms with E-state index in [4.69, 9.17) is 0 Å². The molecule has 4 heteroatoms. The third kappa shape index (κ3) is 1.82. The van der Waals surface area contributed by atoms with E-state index >= 15 is 0 Å². The number of aromatic amines is 1. The van der Waals surface area contributed by atoms with Gasteiger partial charge in [0.25, 0.3) is 5.91 Å². The van der Waals surface area contributed by atoms with Gasteiger partial charge in [0, 0.05) is 24.5 Å². The van der Waals surface area contributed by atoms with Crippen LogP contribution >= 0.6 is 0 Å². The second kappa shape index (κ2) is 4.18. The van der Waals surface area contributed by atoms with Crippen molar-refractivity contribution < 1.29 is 9.18 Å². The number of rotatable bonds is 2. The summed E-state index contributed by atoms with van der Waals surface area (Å²) in [6, 6.07) is 8.04. The van der Waals surface area contributed by atoms with Crippen molar-refractivity contribution in [3.8, 4) is 11.3 Å². The molecule has 0 bridgehead atoms. The molecule has 0 atom stereocenters. The van der Waals surface area contributed by atoms with Gasteiger partial charge in [-0.25, -0.2) is 4.39 Å². The Balaban J connectivity index is 2.39. The van der Waals surface area contributed by atoms with E-state index in [1.165, 1.54) is 6.07 Å². The fraction of sp³-hybridized carbons (Fsp3) is 0.0833. The molecule has 1 heterocycles. The molecule has 0 aliphatic carbocycles. The second-order valence-corrected chi connectivity index (χ2v) is 3.36. The van der Waals surface area contributed by atoms with Crippen LogP contribution in [0.1, 0.15) is 10.4 Å². The smallest absolute Gasteiger partial charge is 0.252 e. The van der Waals surface area contributed by atoms with E-state index in [0.29, 0.717) is 16.8 Å². The third-order valence-electron chi connectivity index (χ3n) is 2.34. The maximum atomic E-state index is 13.4. The Morgan fingerprint density at radius 2 is 2.12 bits per heavy atom. The summed E-state index contributed by atoms with van der Waals surface area (Å²) in [6.07, 6.45) is 1.56. The van der Waals surface area contributed by atoms with E-state index in [-0.39, 0.29) is 11.7 Å². The number of hydrogen-bond acceptors (Lipinski definition) is 1. The van der Waals surface area contributed by atoms with Gasteiger partial charge in [0.05, 0.1) is 5.56 Å². The van der Waals surface area contributed by atoms with Gasteiger partial charge in [-0.3, -0.25) is 4.79 Å². The lowest BCUT2D eigenvalue weighted by molar-refractivity contribution is 0.0963. The molecule has 2 rings (SSSR count). The van der Waals surface area contributed by atoms with Crippen molar-refractivity contribution in [3.63, 3.8) is 0 Å². The summed E-state index contributed by atoms with van der Waals surface area (Å²) in [6.45, 7) is 0. The van der Waals surface area contributed by atoms with E-state index < -0.39 is 0 Å². The van der Waals surface area contributed by atoms with Crippen molar-refractivity contribution in [1.29, 1.82) is 0 Å². The van der Waals surface area contributed by atoms with Gasteiger partial charge in [-0.15, -0.1) is 0 Å². The summed E-state index contributed by atoms with van der Waals surface area (Å²) in [5.41, 5.74) is 1.54. The van der Waals surface area contributed by atoms with E-state index in [1.807, 2.05) is 0 Å². The number of carbonyl (C=O) groups excluding carboxylic acids is 1. The minimum absolute atomic E-state index is 0.196. The Morgan fingerprint density at radius 3 is 2.81 bits per heavy atom. The summed E-state index contributed by atoms with van der Waals surface area (Å²) in [4.78, 5) is 14.2. The van der Waals surface area contributed by atoms with E-state index in [0.717, 1.165) is 0 Å². The summed E-state index contributed by atoms with van der Waals surface area (Å²) in [7, 11) is 1.55. The highest BCUT2D eigenvalue weighted by Crippen LogP contribution is 2.21. The Labute approximate surface area is 92.3 Å². The van der Waals surface area contributed by atoms with Gasteiger partial charge < -0.3 is 10.3 Å². The monoisotopic (exact) mass is 218 g/mol. The molecule has 0 aliphatic rings. The second-order valence-electron chi connectivity index (χ2n) is 3.36. The highest BCUT2D eigenvalue weighted by molar-refractivity contribution is 5.95. The number of aromatic nitrogens is 1. The summed E-state index contributed by atoms with van der Waals surface area (Å²) in [5.74, 6) is -0.508. The van der Waals surface area contributed by atoms with Crippen molar-refractivity contribution >= 4 is 5.91 Å². The molecule has 0 spiro atoms. The van der Waals surface area contributed by atoms with Gasteiger partial charge in [-0.2, -0.15) is 0 Å². The number of nitrogens with one attached hydrogen (secondary N) is 2. The molecule has 0 aliphatic heterocycles. The predicted molar refractivity (Wildman–Crippen MR) is 59.6 cm³/mol. The number of amides is 1. The van der Waals surface area contributed by atoms with Gasteiger partial charge in [0.1, 0.15) is 5.82 Å². The fourth-order valence-electron chi connectivity index (χ4n) is 1.50. The van der Waals surface area contributed by atoms with Gasteiger partial charge in [0.15, 0.2) is 0 Å². The maximum Gasteiger partial charge on any atom is 0.252 e. The average Bonchev–Trinajstić information content (AvgIpc) is 2.78. The van der Waals surface area contributed by atoms with Crippen molar-refractivity contribution in [2.45, 2.75) is 0 Å². The molecule has 82 valence electrons. The minimum Gasteiger partial charge on any atom is -0.360 e. The van der Waals surface area contributed by atoms with Crippen LogP contribution in [0.5, 0.6) is 0 Å².